The molecule has 1 atom stereocenters. The zero-order valence-corrected chi connectivity index (χ0v) is 18.1. The summed E-state index contributed by atoms with van der Waals surface area (Å²) < 4.78 is 19.8. The highest BCUT2D eigenvalue weighted by Gasteiger charge is 2.26. The largest absolute Gasteiger partial charge is 0.494 e. The molecule has 162 valence electrons. The molecule has 0 bridgehead atoms. The molecule has 0 aromatic heterocycles. The van der Waals surface area contributed by atoms with E-state index in [0.29, 0.717) is 35.9 Å². The first-order chi connectivity index (χ1) is 14.4. The van der Waals surface area contributed by atoms with E-state index in [2.05, 4.69) is 5.32 Å². The first-order valence-corrected chi connectivity index (χ1v) is 10.5. The molecule has 30 heavy (non-hydrogen) atoms. The van der Waals surface area contributed by atoms with Gasteiger partial charge in [0.1, 0.15) is 17.6 Å². The second-order valence-corrected chi connectivity index (χ2v) is 7.42. The summed E-state index contributed by atoms with van der Waals surface area (Å²) in [5.74, 6) is -0.207. The number of benzene rings is 2. The number of halogens is 2. The molecule has 0 aliphatic carbocycles. The van der Waals surface area contributed by atoms with Crippen LogP contribution in [-0.4, -0.2) is 35.9 Å². The van der Waals surface area contributed by atoms with Gasteiger partial charge >= 0.3 is 0 Å². The first-order valence-electron chi connectivity index (χ1n) is 10.1. The van der Waals surface area contributed by atoms with Crippen molar-refractivity contribution in [1.82, 2.24) is 10.2 Å². The number of rotatable bonds is 11. The molecule has 2 rings (SSSR count). The van der Waals surface area contributed by atoms with Gasteiger partial charge in [-0.2, -0.15) is 0 Å². The third-order valence-corrected chi connectivity index (χ3v) is 4.88. The Hall–Kier alpha value is -2.60. The van der Waals surface area contributed by atoms with Gasteiger partial charge < -0.3 is 15.0 Å². The Bertz CT molecular complexity index is 829. The molecule has 7 heteroatoms. The molecule has 1 N–H and O–H groups in total. The highest BCUT2D eigenvalue weighted by molar-refractivity contribution is 6.30. The lowest BCUT2D eigenvalue weighted by molar-refractivity contribution is -0.140. The first kappa shape index (κ1) is 23.7. The molecule has 2 amide bonds. The summed E-state index contributed by atoms with van der Waals surface area (Å²) >= 11 is 5.85. The molecule has 2 aromatic carbocycles. The van der Waals surface area contributed by atoms with Crippen molar-refractivity contribution in [2.45, 2.75) is 45.7 Å². The molecule has 0 aliphatic heterocycles. The van der Waals surface area contributed by atoms with E-state index >= 15 is 0 Å². The van der Waals surface area contributed by atoms with Gasteiger partial charge in [-0.25, -0.2) is 4.39 Å². The molecule has 0 unspecified atom stereocenters. The van der Waals surface area contributed by atoms with Crippen molar-refractivity contribution < 1.29 is 18.7 Å². The van der Waals surface area contributed by atoms with Crippen LogP contribution in [0.3, 0.4) is 0 Å². The maximum atomic E-state index is 14.1. The summed E-state index contributed by atoms with van der Waals surface area (Å²) in [5.41, 5.74) is 0.374. The summed E-state index contributed by atoms with van der Waals surface area (Å²) in [4.78, 5) is 26.7. The van der Waals surface area contributed by atoms with Gasteiger partial charge in [-0.3, -0.25) is 9.59 Å². The fraction of sp³-hybridized carbons (Fsp3) is 0.391. The van der Waals surface area contributed by atoms with Gasteiger partial charge in [0.05, 0.1) is 6.61 Å². The molecular weight excluding hydrogens is 407 g/mol. The lowest BCUT2D eigenvalue weighted by atomic mass is 10.1. The summed E-state index contributed by atoms with van der Waals surface area (Å²) in [6.07, 6.45) is 1.45. The highest BCUT2D eigenvalue weighted by atomic mass is 35.5. The van der Waals surface area contributed by atoms with E-state index in [1.165, 1.54) is 11.0 Å². The Morgan fingerprint density at radius 1 is 1.17 bits per heavy atom. The third-order valence-electron chi connectivity index (χ3n) is 4.63. The van der Waals surface area contributed by atoms with Crippen molar-refractivity contribution in [2.75, 3.05) is 13.2 Å². The van der Waals surface area contributed by atoms with E-state index in [1.54, 1.807) is 49.4 Å². The number of hydrogen-bond acceptors (Lipinski definition) is 3. The van der Waals surface area contributed by atoms with E-state index in [4.69, 9.17) is 16.3 Å². The van der Waals surface area contributed by atoms with E-state index in [9.17, 15) is 14.0 Å². The Kier molecular flexibility index (Phi) is 9.61. The molecule has 0 fully saturated rings. The number of carbonyl (C=O) groups is 2. The highest BCUT2D eigenvalue weighted by Crippen LogP contribution is 2.17. The van der Waals surface area contributed by atoms with Crippen LogP contribution in [0.2, 0.25) is 5.02 Å². The van der Waals surface area contributed by atoms with Crippen molar-refractivity contribution in [1.29, 1.82) is 0 Å². The molecular formula is C23H28ClFN2O3. The van der Waals surface area contributed by atoms with E-state index < -0.39 is 11.9 Å². The SMILES string of the molecule is CCCNC(=O)[C@@H](C)N(Cc1ccccc1F)C(=O)CCCOc1ccc(Cl)cc1. The maximum Gasteiger partial charge on any atom is 0.242 e. The van der Waals surface area contributed by atoms with Crippen molar-refractivity contribution in [2.24, 2.45) is 0 Å². The van der Waals surface area contributed by atoms with Gasteiger partial charge in [0.25, 0.3) is 0 Å². The van der Waals surface area contributed by atoms with E-state index in [0.717, 1.165) is 6.42 Å². The minimum atomic E-state index is -0.708. The summed E-state index contributed by atoms with van der Waals surface area (Å²) in [7, 11) is 0. The summed E-state index contributed by atoms with van der Waals surface area (Å²) in [5, 5.41) is 3.42. The van der Waals surface area contributed by atoms with Gasteiger partial charge in [0, 0.05) is 30.1 Å². The van der Waals surface area contributed by atoms with Crippen LogP contribution >= 0.6 is 11.6 Å². The molecule has 0 heterocycles. The molecule has 0 saturated heterocycles. The van der Waals surface area contributed by atoms with Gasteiger partial charge in [0.2, 0.25) is 11.8 Å². The van der Waals surface area contributed by atoms with Crippen LogP contribution in [0.1, 0.15) is 38.7 Å². The number of amides is 2. The van der Waals surface area contributed by atoms with Gasteiger partial charge in [-0.15, -0.1) is 0 Å². The number of hydrogen-bond donors (Lipinski definition) is 1. The van der Waals surface area contributed by atoms with Gasteiger partial charge in [-0.05, 0) is 50.1 Å². The van der Waals surface area contributed by atoms with Crippen molar-refractivity contribution in [3.8, 4) is 5.75 Å². The van der Waals surface area contributed by atoms with Crippen molar-refractivity contribution in [3.63, 3.8) is 0 Å². The number of nitrogens with zero attached hydrogens (tertiary/aromatic N) is 1. The quantitative estimate of drug-likeness (QED) is 0.526. The van der Waals surface area contributed by atoms with Crippen LogP contribution in [0.4, 0.5) is 4.39 Å². The Balaban J connectivity index is 1.98. The van der Waals surface area contributed by atoms with E-state index in [1.807, 2.05) is 6.92 Å². The van der Waals surface area contributed by atoms with Crippen LogP contribution < -0.4 is 10.1 Å². The predicted molar refractivity (Wildman–Crippen MR) is 116 cm³/mol. The molecule has 2 aromatic rings. The Morgan fingerprint density at radius 2 is 1.87 bits per heavy atom. The van der Waals surface area contributed by atoms with Crippen LogP contribution in [0.25, 0.3) is 0 Å². The topological polar surface area (TPSA) is 58.6 Å². The molecule has 0 saturated carbocycles. The molecule has 0 aliphatic rings. The minimum absolute atomic E-state index is 0.0320. The van der Waals surface area contributed by atoms with Crippen LogP contribution in [0, 0.1) is 5.82 Å². The average molecular weight is 435 g/mol. The van der Waals surface area contributed by atoms with Gasteiger partial charge in [-0.1, -0.05) is 36.7 Å². The normalized spacial score (nSPS) is 11.6. The smallest absolute Gasteiger partial charge is 0.242 e. The van der Waals surface area contributed by atoms with Crippen LogP contribution in [-0.2, 0) is 16.1 Å². The van der Waals surface area contributed by atoms with E-state index in [-0.39, 0.29) is 24.8 Å². The zero-order valence-electron chi connectivity index (χ0n) is 17.4. The second-order valence-electron chi connectivity index (χ2n) is 6.99. The number of ether oxygens (including phenoxy) is 1. The Morgan fingerprint density at radius 3 is 2.53 bits per heavy atom. The monoisotopic (exact) mass is 434 g/mol. The number of nitrogens with one attached hydrogen (secondary N) is 1. The summed E-state index contributed by atoms with van der Waals surface area (Å²) in [6, 6.07) is 12.5. The number of carbonyl (C=O) groups excluding carboxylic acids is 2. The van der Waals surface area contributed by atoms with Crippen LogP contribution in [0.15, 0.2) is 48.5 Å². The minimum Gasteiger partial charge on any atom is -0.494 e. The fourth-order valence-electron chi connectivity index (χ4n) is 2.88. The lowest BCUT2D eigenvalue weighted by Gasteiger charge is -2.29. The van der Waals surface area contributed by atoms with Crippen LogP contribution in [0.5, 0.6) is 5.75 Å². The average Bonchev–Trinajstić information content (AvgIpc) is 2.75. The van der Waals surface area contributed by atoms with Gasteiger partial charge in [0.15, 0.2) is 0 Å². The predicted octanol–water partition coefficient (Wildman–Crippen LogP) is 4.58. The third kappa shape index (κ3) is 7.34. The van der Waals surface area contributed by atoms with Crippen molar-refractivity contribution in [3.05, 3.63) is 64.9 Å². The zero-order chi connectivity index (χ0) is 21.9. The molecule has 5 nitrogen and oxygen atoms in total. The maximum absolute atomic E-state index is 14.1. The lowest BCUT2D eigenvalue weighted by Crippen LogP contribution is -2.47. The van der Waals surface area contributed by atoms with Crippen molar-refractivity contribution >= 4 is 23.4 Å². The summed E-state index contributed by atoms with van der Waals surface area (Å²) in [6.45, 7) is 4.52. The molecule has 0 radical (unpaired) electrons. The second kappa shape index (κ2) is 12.2. The Labute approximate surface area is 182 Å². The fourth-order valence-corrected chi connectivity index (χ4v) is 3.00. The standard InChI is InChI=1S/C23H28ClFN2O3/c1-3-14-26-23(29)17(2)27(16-18-7-4-5-8-21(18)25)22(28)9-6-15-30-20-12-10-19(24)11-13-20/h4-5,7-8,10-13,17H,3,6,9,14-16H2,1-2H3,(H,26,29)/t17-/m1/s1. The molecule has 0 spiro atoms.